The van der Waals surface area contributed by atoms with Crippen molar-refractivity contribution in [3.63, 3.8) is 0 Å². The molecule has 0 radical (unpaired) electrons. The summed E-state index contributed by atoms with van der Waals surface area (Å²) in [7, 11) is 0. The first kappa shape index (κ1) is 8.02. The van der Waals surface area contributed by atoms with Crippen molar-refractivity contribution in [2.75, 3.05) is 6.54 Å². The van der Waals surface area contributed by atoms with Crippen LogP contribution in [0.1, 0.15) is 39.0 Å². The van der Waals surface area contributed by atoms with Crippen molar-refractivity contribution in [2.45, 2.75) is 45.1 Å². The van der Waals surface area contributed by atoms with Crippen LogP contribution >= 0.6 is 0 Å². The molecule has 10 heavy (non-hydrogen) atoms. The lowest BCUT2D eigenvalue weighted by molar-refractivity contribution is 0.184. The van der Waals surface area contributed by atoms with Crippen LogP contribution in [-0.4, -0.2) is 17.6 Å². The molecule has 60 valence electrons. The molecule has 1 unspecified atom stereocenters. The third-order valence-corrected chi connectivity index (χ3v) is 2.35. The SMILES string of the molecule is CC1CCCCCCN1N. The monoisotopic (exact) mass is 142 g/mol. The number of hydrazine groups is 1. The van der Waals surface area contributed by atoms with Crippen LogP contribution in [0.2, 0.25) is 0 Å². The summed E-state index contributed by atoms with van der Waals surface area (Å²) < 4.78 is 0. The molecular formula is C8H18N2. The average Bonchev–Trinajstić information content (AvgIpc) is 1.92. The van der Waals surface area contributed by atoms with E-state index in [2.05, 4.69) is 6.92 Å². The standard InChI is InChI=1S/C8H18N2/c1-8-6-4-2-3-5-7-10(8)9/h8H,2-7,9H2,1H3. The summed E-state index contributed by atoms with van der Waals surface area (Å²) >= 11 is 0. The maximum Gasteiger partial charge on any atom is 0.0212 e. The summed E-state index contributed by atoms with van der Waals surface area (Å²) in [5.41, 5.74) is 0. The van der Waals surface area contributed by atoms with Gasteiger partial charge in [0, 0.05) is 12.6 Å². The largest absolute Gasteiger partial charge is 0.269 e. The van der Waals surface area contributed by atoms with Crippen molar-refractivity contribution in [1.82, 2.24) is 5.01 Å². The molecule has 1 heterocycles. The van der Waals surface area contributed by atoms with Gasteiger partial charge in [-0.1, -0.05) is 19.3 Å². The highest BCUT2D eigenvalue weighted by molar-refractivity contribution is 4.64. The number of nitrogens with two attached hydrogens (primary N) is 1. The summed E-state index contributed by atoms with van der Waals surface area (Å²) in [6.07, 6.45) is 6.67. The molecule has 0 amide bonds. The van der Waals surface area contributed by atoms with Gasteiger partial charge in [-0.25, -0.2) is 5.01 Å². The normalized spacial score (nSPS) is 31.2. The highest BCUT2D eigenvalue weighted by Crippen LogP contribution is 2.12. The fraction of sp³-hybridized carbons (Fsp3) is 1.00. The first-order valence-electron chi connectivity index (χ1n) is 4.32. The van der Waals surface area contributed by atoms with Gasteiger partial charge in [-0.2, -0.15) is 0 Å². The van der Waals surface area contributed by atoms with E-state index in [-0.39, 0.29) is 0 Å². The zero-order valence-corrected chi connectivity index (χ0v) is 6.84. The highest BCUT2D eigenvalue weighted by atomic mass is 15.4. The fourth-order valence-corrected chi connectivity index (χ4v) is 1.47. The summed E-state index contributed by atoms with van der Waals surface area (Å²) in [5, 5.41) is 1.99. The average molecular weight is 142 g/mol. The molecule has 0 saturated carbocycles. The van der Waals surface area contributed by atoms with Crippen molar-refractivity contribution in [3.8, 4) is 0 Å². The Bertz CT molecular complexity index is 81.3. The van der Waals surface area contributed by atoms with E-state index >= 15 is 0 Å². The predicted octanol–water partition coefficient (Wildman–Crippen LogP) is 1.51. The minimum absolute atomic E-state index is 0.597. The summed E-state index contributed by atoms with van der Waals surface area (Å²) in [5.74, 6) is 5.78. The van der Waals surface area contributed by atoms with Gasteiger partial charge in [0.15, 0.2) is 0 Å². The van der Waals surface area contributed by atoms with Gasteiger partial charge < -0.3 is 0 Å². The van der Waals surface area contributed by atoms with Gasteiger partial charge in [0.25, 0.3) is 0 Å². The maximum atomic E-state index is 5.78. The number of hydrogen-bond acceptors (Lipinski definition) is 2. The minimum atomic E-state index is 0.597. The lowest BCUT2D eigenvalue weighted by Crippen LogP contribution is -2.40. The molecule has 0 aliphatic carbocycles. The van der Waals surface area contributed by atoms with Crippen molar-refractivity contribution in [3.05, 3.63) is 0 Å². The van der Waals surface area contributed by atoms with Gasteiger partial charge in [0.1, 0.15) is 0 Å². The molecule has 1 aliphatic rings. The van der Waals surface area contributed by atoms with Crippen LogP contribution in [0.5, 0.6) is 0 Å². The predicted molar refractivity (Wildman–Crippen MR) is 43.4 cm³/mol. The van der Waals surface area contributed by atoms with E-state index < -0.39 is 0 Å². The Labute approximate surface area is 63.4 Å². The summed E-state index contributed by atoms with van der Waals surface area (Å²) in [6.45, 7) is 3.30. The van der Waals surface area contributed by atoms with E-state index in [0.717, 1.165) is 6.54 Å². The van der Waals surface area contributed by atoms with Gasteiger partial charge in [0.05, 0.1) is 0 Å². The van der Waals surface area contributed by atoms with Crippen LogP contribution in [0.15, 0.2) is 0 Å². The van der Waals surface area contributed by atoms with Gasteiger partial charge in [-0.05, 0) is 19.8 Å². The number of rotatable bonds is 0. The smallest absolute Gasteiger partial charge is 0.0212 e. The molecule has 2 nitrogen and oxygen atoms in total. The number of hydrogen-bond donors (Lipinski definition) is 1. The van der Waals surface area contributed by atoms with Crippen LogP contribution in [0.3, 0.4) is 0 Å². The Morgan fingerprint density at radius 1 is 1.20 bits per heavy atom. The quantitative estimate of drug-likeness (QED) is 0.519. The van der Waals surface area contributed by atoms with Crippen molar-refractivity contribution in [2.24, 2.45) is 5.84 Å². The van der Waals surface area contributed by atoms with Crippen molar-refractivity contribution in [1.29, 1.82) is 0 Å². The third-order valence-electron chi connectivity index (χ3n) is 2.35. The first-order chi connectivity index (χ1) is 4.80. The Balaban J connectivity index is 2.28. The van der Waals surface area contributed by atoms with Crippen molar-refractivity contribution >= 4 is 0 Å². The Hall–Kier alpha value is -0.0800. The Morgan fingerprint density at radius 3 is 2.70 bits per heavy atom. The van der Waals surface area contributed by atoms with Crippen LogP contribution in [0, 0.1) is 0 Å². The van der Waals surface area contributed by atoms with Crippen LogP contribution in [0.4, 0.5) is 0 Å². The number of nitrogens with zero attached hydrogens (tertiary/aromatic N) is 1. The molecule has 1 rings (SSSR count). The van der Waals surface area contributed by atoms with E-state index in [4.69, 9.17) is 5.84 Å². The maximum absolute atomic E-state index is 5.78. The molecule has 0 bridgehead atoms. The van der Waals surface area contributed by atoms with E-state index in [9.17, 15) is 0 Å². The molecular weight excluding hydrogens is 124 g/mol. The Kier molecular flexibility index (Phi) is 3.16. The van der Waals surface area contributed by atoms with Gasteiger partial charge in [0.2, 0.25) is 0 Å². The summed E-state index contributed by atoms with van der Waals surface area (Å²) in [4.78, 5) is 0. The lowest BCUT2D eigenvalue weighted by atomic mass is 10.0. The van der Waals surface area contributed by atoms with E-state index in [1.165, 1.54) is 32.1 Å². The van der Waals surface area contributed by atoms with Crippen LogP contribution < -0.4 is 5.84 Å². The van der Waals surface area contributed by atoms with E-state index in [1.54, 1.807) is 0 Å². The molecule has 2 heteroatoms. The Morgan fingerprint density at radius 2 is 1.90 bits per heavy atom. The molecule has 1 aliphatic heterocycles. The molecule has 2 N–H and O–H groups in total. The van der Waals surface area contributed by atoms with Crippen LogP contribution in [-0.2, 0) is 0 Å². The van der Waals surface area contributed by atoms with Crippen molar-refractivity contribution < 1.29 is 0 Å². The third kappa shape index (κ3) is 2.27. The van der Waals surface area contributed by atoms with Gasteiger partial charge >= 0.3 is 0 Å². The zero-order valence-electron chi connectivity index (χ0n) is 6.84. The molecule has 1 saturated heterocycles. The topological polar surface area (TPSA) is 29.3 Å². The van der Waals surface area contributed by atoms with E-state index in [1.807, 2.05) is 5.01 Å². The van der Waals surface area contributed by atoms with Gasteiger partial charge in [-0.3, -0.25) is 5.84 Å². The second-order valence-corrected chi connectivity index (χ2v) is 3.29. The van der Waals surface area contributed by atoms with Gasteiger partial charge in [-0.15, -0.1) is 0 Å². The minimum Gasteiger partial charge on any atom is -0.269 e. The first-order valence-corrected chi connectivity index (χ1v) is 4.32. The fourth-order valence-electron chi connectivity index (χ4n) is 1.47. The lowest BCUT2D eigenvalue weighted by Gasteiger charge is -2.26. The zero-order chi connectivity index (χ0) is 7.40. The second kappa shape index (κ2) is 3.94. The molecule has 1 fully saturated rings. The molecule has 0 aromatic heterocycles. The summed E-state index contributed by atoms with van der Waals surface area (Å²) in [6, 6.07) is 0.597. The van der Waals surface area contributed by atoms with Crippen LogP contribution in [0.25, 0.3) is 0 Å². The molecule has 0 aromatic carbocycles. The molecule has 1 atom stereocenters. The molecule has 0 spiro atoms. The molecule has 0 aromatic rings. The highest BCUT2D eigenvalue weighted by Gasteiger charge is 2.10. The second-order valence-electron chi connectivity index (χ2n) is 3.29. The van der Waals surface area contributed by atoms with E-state index in [0.29, 0.717) is 6.04 Å².